The van der Waals surface area contributed by atoms with Gasteiger partial charge in [-0.25, -0.2) is 4.39 Å². The highest BCUT2D eigenvalue weighted by Crippen LogP contribution is 2.48. The fraction of sp³-hybridized carbons (Fsp3) is 0.448. The zero-order chi connectivity index (χ0) is 29.8. The summed E-state index contributed by atoms with van der Waals surface area (Å²) in [6.07, 6.45) is 1.34. The van der Waals surface area contributed by atoms with Crippen LogP contribution in [0.25, 0.3) is 44.2 Å². The minimum atomic E-state index is -4.66. The topological polar surface area (TPSA) is 110 Å². The molecule has 1 saturated carbocycles. The molecule has 14 heteroatoms. The van der Waals surface area contributed by atoms with Gasteiger partial charge in [0.25, 0.3) is 11.6 Å². The molecule has 2 aliphatic heterocycles. The lowest BCUT2D eigenvalue weighted by molar-refractivity contribution is -0.137. The molecule has 224 valence electrons. The molecule has 1 aliphatic carbocycles. The van der Waals surface area contributed by atoms with Gasteiger partial charge in [-0.3, -0.25) is 24.5 Å². The van der Waals surface area contributed by atoms with Gasteiger partial charge in [0.1, 0.15) is 23.2 Å². The monoisotopic (exact) mass is 596 g/mol. The normalized spacial score (nSPS) is 22.1. The van der Waals surface area contributed by atoms with E-state index in [4.69, 9.17) is 9.84 Å². The summed E-state index contributed by atoms with van der Waals surface area (Å²) in [5, 5.41) is 12.1. The average Bonchev–Trinajstić information content (AvgIpc) is 3.26. The first-order chi connectivity index (χ1) is 20.6. The largest absolute Gasteiger partial charge is 0.463 e. The van der Waals surface area contributed by atoms with Crippen molar-refractivity contribution in [2.24, 2.45) is 7.05 Å². The molecule has 3 fully saturated rings. The van der Waals surface area contributed by atoms with Crippen molar-refractivity contribution in [2.45, 2.75) is 56.8 Å². The number of rotatable bonds is 5. The number of hydrogen-bond acceptors (Lipinski definition) is 6. The Balaban J connectivity index is 1.32. The number of nitrogens with zero attached hydrogens (tertiary/aromatic N) is 6. The molecule has 2 N–H and O–H groups in total. The van der Waals surface area contributed by atoms with Crippen LogP contribution in [-0.4, -0.2) is 64.6 Å². The van der Waals surface area contributed by atoms with Crippen LogP contribution >= 0.6 is 0 Å². The molecule has 0 unspecified atom stereocenters. The van der Waals surface area contributed by atoms with Gasteiger partial charge in [-0.15, -0.1) is 0 Å². The Morgan fingerprint density at radius 1 is 1.26 bits per heavy atom. The molecular weight excluding hydrogens is 568 g/mol. The van der Waals surface area contributed by atoms with E-state index in [9.17, 15) is 22.4 Å². The quantitative estimate of drug-likeness (QED) is 0.267. The second-order valence-electron chi connectivity index (χ2n) is 12.1. The summed E-state index contributed by atoms with van der Waals surface area (Å²) in [5.41, 5.74) is 0.716. The van der Waals surface area contributed by atoms with Crippen molar-refractivity contribution < 1.29 is 22.3 Å². The van der Waals surface area contributed by atoms with Gasteiger partial charge in [-0.05, 0) is 62.8 Å². The molecule has 2 saturated heterocycles. The minimum absolute atomic E-state index is 0.0101. The summed E-state index contributed by atoms with van der Waals surface area (Å²) in [4.78, 5) is 23.2. The van der Waals surface area contributed by atoms with Crippen molar-refractivity contribution in [1.29, 1.82) is 0 Å². The highest BCUT2D eigenvalue weighted by Gasteiger charge is 2.47. The zero-order valence-corrected chi connectivity index (χ0v) is 23.5. The number of H-pyrrole nitrogens is 2. The summed E-state index contributed by atoms with van der Waals surface area (Å²) in [5.74, 6) is 0. The summed E-state index contributed by atoms with van der Waals surface area (Å²) in [6.45, 7) is 3.03. The summed E-state index contributed by atoms with van der Waals surface area (Å²) in [6, 6.07) is 1.41. The van der Waals surface area contributed by atoms with Gasteiger partial charge in [0.05, 0.1) is 40.7 Å². The van der Waals surface area contributed by atoms with Crippen LogP contribution in [0.2, 0.25) is 0 Å². The Kier molecular flexibility index (Phi) is 5.48. The number of alkyl halides is 3. The van der Waals surface area contributed by atoms with Crippen molar-refractivity contribution in [2.75, 3.05) is 19.7 Å². The number of halogens is 4. The van der Waals surface area contributed by atoms with Crippen LogP contribution in [0.15, 0.2) is 29.0 Å². The lowest BCUT2D eigenvalue weighted by Crippen LogP contribution is -2.43. The average molecular weight is 597 g/mol. The minimum Gasteiger partial charge on any atom is -0.463 e. The standard InChI is InChI=1S/C29H28F4N8O2/c1-14-8-18-17(11-34-37-18)19(21(14)29(31,32)33)22-24-23(41(38-22)16-4-5-16)20-25(39(24)2)35-27(36-26(20)42)43-13-28-6-3-7-40(28)12-15(9-28)10-30/h8,10-11,16H,3-7,9,12-13H2,1-2H3,(H,34,37)(H,35,36,42)/b15-10-/t28-/m0/s1. The van der Waals surface area contributed by atoms with Gasteiger partial charge in [-0.2, -0.15) is 28.4 Å². The lowest BCUT2D eigenvalue weighted by atomic mass is 9.94. The van der Waals surface area contributed by atoms with Gasteiger partial charge >= 0.3 is 6.18 Å². The van der Waals surface area contributed by atoms with Gasteiger partial charge < -0.3 is 9.30 Å². The van der Waals surface area contributed by atoms with Crippen molar-refractivity contribution in [3.8, 4) is 17.3 Å². The third-order valence-corrected chi connectivity index (χ3v) is 9.33. The number of aromatic amines is 2. The number of aryl methyl sites for hydroxylation is 2. The Hall–Kier alpha value is -4.20. The van der Waals surface area contributed by atoms with E-state index in [0.29, 0.717) is 41.4 Å². The first kappa shape index (κ1) is 26.4. The van der Waals surface area contributed by atoms with Crippen LogP contribution in [0.4, 0.5) is 17.6 Å². The highest BCUT2D eigenvalue weighted by atomic mass is 19.4. The first-order valence-corrected chi connectivity index (χ1v) is 14.3. The predicted molar refractivity (Wildman–Crippen MR) is 151 cm³/mol. The third-order valence-electron chi connectivity index (χ3n) is 9.33. The fourth-order valence-electron chi connectivity index (χ4n) is 7.29. The molecule has 0 amide bonds. The summed E-state index contributed by atoms with van der Waals surface area (Å²) >= 11 is 0. The van der Waals surface area contributed by atoms with E-state index >= 15 is 0 Å². The van der Waals surface area contributed by atoms with Crippen molar-refractivity contribution in [1.82, 2.24) is 39.4 Å². The molecule has 43 heavy (non-hydrogen) atoms. The number of ether oxygens (including phenoxy) is 1. The molecular formula is C29H28F4N8O2. The maximum Gasteiger partial charge on any atom is 0.417 e. The van der Waals surface area contributed by atoms with E-state index in [2.05, 4.69) is 25.1 Å². The maximum atomic E-state index is 14.6. The van der Waals surface area contributed by atoms with E-state index in [1.807, 2.05) is 0 Å². The second kappa shape index (κ2) is 8.91. The smallest absolute Gasteiger partial charge is 0.417 e. The fourth-order valence-corrected chi connectivity index (χ4v) is 7.29. The Bertz CT molecular complexity index is 2050. The van der Waals surface area contributed by atoms with Gasteiger partial charge in [0, 0.05) is 24.5 Å². The molecule has 6 heterocycles. The van der Waals surface area contributed by atoms with E-state index in [-0.39, 0.29) is 57.4 Å². The molecule has 8 rings (SSSR count). The second-order valence-corrected chi connectivity index (χ2v) is 12.1. The zero-order valence-electron chi connectivity index (χ0n) is 23.5. The molecule has 1 aromatic carbocycles. The van der Waals surface area contributed by atoms with E-state index in [1.54, 1.807) is 16.3 Å². The van der Waals surface area contributed by atoms with Crippen LogP contribution in [0, 0.1) is 6.92 Å². The molecule has 4 aromatic heterocycles. The Morgan fingerprint density at radius 3 is 2.81 bits per heavy atom. The Labute approximate surface area is 241 Å². The van der Waals surface area contributed by atoms with Crippen LogP contribution in [0.3, 0.4) is 0 Å². The van der Waals surface area contributed by atoms with Crippen LogP contribution in [0.1, 0.15) is 49.3 Å². The molecule has 1 atom stereocenters. The third kappa shape index (κ3) is 3.81. The van der Waals surface area contributed by atoms with E-state index in [0.717, 1.165) is 32.2 Å². The summed E-state index contributed by atoms with van der Waals surface area (Å²) in [7, 11) is 1.67. The molecule has 5 aromatic rings. The molecule has 0 spiro atoms. The number of nitrogens with one attached hydrogen (secondary N) is 2. The van der Waals surface area contributed by atoms with Crippen LogP contribution in [-0.2, 0) is 13.2 Å². The van der Waals surface area contributed by atoms with E-state index < -0.39 is 17.3 Å². The SMILES string of the molecule is Cc1cc2[nH]ncc2c(-c2nn(C3CC3)c3c4c(=O)[nH]c(OC[C@@]56CCCN5C/C(=C\F)C6)nc4n(C)c23)c1C(F)(F)F. The Morgan fingerprint density at radius 2 is 2.07 bits per heavy atom. The predicted octanol–water partition coefficient (Wildman–Crippen LogP) is 5.29. The number of fused-ring (bicyclic) bond motifs is 5. The molecule has 3 aliphatic rings. The van der Waals surface area contributed by atoms with Gasteiger partial charge in [0.15, 0.2) is 5.65 Å². The number of hydrogen-bond donors (Lipinski definition) is 2. The number of benzene rings is 1. The van der Waals surface area contributed by atoms with Crippen LogP contribution in [0.5, 0.6) is 6.01 Å². The highest BCUT2D eigenvalue weighted by molar-refractivity contribution is 6.12. The van der Waals surface area contributed by atoms with Gasteiger partial charge in [0.2, 0.25) is 0 Å². The van der Waals surface area contributed by atoms with Crippen molar-refractivity contribution >= 4 is 33.0 Å². The summed E-state index contributed by atoms with van der Waals surface area (Å²) < 4.78 is 66.5. The lowest BCUT2D eigenvalue weighted by Gasteiger charge is -2.30. The molecule has 0 radical (unpaired) electrons. The van der Waals surface area contributed by atoms with E-state index in [1.165, 1.54) is 19.2 Å². The molecule has 0 bridgehead atoms. The van der Waals surface area contributed by atoms with Crippen molar-refractivity contribution in [3.63, 3.8) is 0 Å². The van der Waals surface area contributed by atoms with Crippen molar-refractivity contribution in [3.05, 3.63) is 45.6 Å². The van der Waals surface area contributed by atoms with Gasteiger partial charge in [-0.1, -0.05) is 0 Å². The first-order valence-electron chi connectivity index (χ1n) is 14.3. The maximum absolute atomic E-state index is 14.6. The van der Waals surface area contributed by atoms with Crippen LogP contribution < -0.4 is 10.3 Å². The number of aromatic nitrogens is 7. The molecule has 10 nitrogen and oxygen atoms in total.